The maximum Gasteiger partial charge on any atom is -0.000412 e. The van der Waals surface area contributed by atoms with E-state index >= 15 is 0 Å². The first-order valence-electron chi connectivity index (χ1n) is 12.5. The smallest absolute Gasteiger partial charge is 0.000412 e. The van der Waals surface area contributed by atoms with Crippen molar-refractivity contribution < 1.29 is 0 Å². The Morgan fingerprint density at radius 2 is 0.606 bits per heavy atom. The fourth-order valence-corrected chi connectivity index (χ4v) is 6.92. The van der Waals surface area contributed by atoms with Crippen molar-refractivity contribution in [3.05, 3.63) is 77.9 Å². The number of hydrogen-bond donors (Lipinski definition) is 0. The summed E-state index contributed by atoms with van der Waals surface area (Å²) < 4.78 is 0. The topological polar surface area (TPSA) is 0 Å². The van der Waals surface area contributed by atoms with Crippen molar-refractivity contribution in [3.63, 3.8) is 0 Å². The molecule has 0 fully saturated rings. The second-order valence-corrected chi connectivity index (χ2v) is 10.9. The molecule has 0 heterocycles. The summed E-state index contributed by atoms with van der Waals surface area (Å²) >= 11 is 0. The maximum absolute atomic E-state index is 2.37. The van der Waals surface area contributed by atoms with E-state index in [-0.39, 0.29) is 0 Å². The molecule has 33 heavy (non-hydrogen) atoms. The number of benzene rings is 4. The van der Waals surface area contributed by atoms with Gasteiger partial charge in [-0.1, -0.05) is 0 Å². The molecule has 0 saturated heterocycles. The highest BCUT2D eigenvalue weighted by atomic mass is 14.3. The molecule has 0 bridgehead atoms. The average Bonchev–Trinajstić information content (AvgIpc) is 3.19. The molecule has 0 heteroatoms. The number of hydrogen-bond acceptors (Lipinski definition) is 0. The summed E-state index contributed by atoms with van der Waals surface area (Å²) in [5.41, 5.74) is 23.7. The van der Waals surface area contributed by atoms with Gasteiger partial charge in [0.25, 0.3) is 0 Å². The van der Waals surface area contributed by atoms with Crippen LogP contribution in [-0.4, -0.2) is 0 Å². The van der Waals surface area contributed by atoms with Crippen LogP contribution in [0.15, 0.2) is 0 Å². The highest BCUT2D eigenvalue weighted by Gasteiger charge is 2.31. The molecule has 5 rings (SSSR count). The molecule has 1 aliphatic carbocycles. The van der Waals surface area contributed by atoms with E-state index in [1.165, 1.54) is 99.4 Å². The van der Waals surface area contributed by atoms with E-state index in [0.29, 0.717) is 0 Å². The van der Waals surface area contributed by atoms with Gasteiger partial charge in [0.15, 0.2) is 0 Å². The lowest BCUT2D eigenvalue weighted by molar-refractivity contribution is 1.15. The van der Waals surface area contributed by atoms with Crippen molar-refractivity contribution in [1.29, 1.82) is 0 Å². The third-order valence-electron chi connectivity index (χ3n) is 9.84. The van der Waals surface area contributed by atoms with Crippen molar-refractivity contribution >= 4 is 21.5 Å². The van der Waals surface area contributed by atoms with Gasteiger partial charge in [0.1, 0.15) is 0 Å². The summed E-state index contributed by atoms with van der Waals surface area (Å²) in [6, 6.07) is 0. The van der Waals surface area contributed by atoms with Gasteiger partial charge in [0.2, 0.25) is 0 Å². The minimum atomic E-state index is 1.05. The van der Waals surface area contributed by atoms with E-state index in [1.807, 2.05) is 0 Å². The van der Waals surface area contributed by atoms with Crippen LogP contribution >= 0.6 is 0 Å². The Morgan fingerprint density at radius 3 is 1.18 bits per heavy atom. The molecular weight excluding hydrogens is 396 g/mol. The summed E-state index contributed by atoms with van der Waals surface area (Å²) in [5, 5.41) is 6.02. The predicted molar refractivity (Wildman–Crippen MR) is 147 cm³/mol. The fourth-order valence-electron chi connectivity index (χ4n) is 6.92. The Kier molecular flexibility index (Phi) is 4.68. The van der Waals surface area contributed by atoms with Crippen LogP contribution in [0.1, 0.15) is 77.9 Å². The van der Waals surface area contributed by atoms with Crippen molar-refractivity contribution in [2.45, 2.75) is 89.5 Å². The van der Waals surface area contributed by atoms with Gasteiger partial charge in [-0.15, -0.1) is 0 Å². The van der Waals surface area contributed by atoms with Gasteiger partial charge in [0.05, 0.1) is 0 Å². The number of fused-ring (bicyclic) bond motifs is 7. The summed E-state index contributed by atoms with van der Waals surface area (Å²) in [5.74, 6) is 0. The molecular formula is C33H38. The Hall–Kier alpha value is -2.60. The molecule has 0 saturated carbocycles. The monoisotopic (exact) mass is 434 g/mol. The zero-order chi connectivity index (χ0) is 24.3. The van der Waals surface area contributed by atoms with Crippen LogP contribution < -0.4 is 0 Å². The first-order chi connectivity index (χ1) is 15.4. The first-order valence-corrected chi connectivity index (χ1v) is 12.5. The van der Waals surface area contributed by atoms with Gasteiger partial charge in [-0.05, 0) is 200 Å². The van der Waals surface area contributed by atoms with Crippen molar-refractivity contribution in [2.24, 2.45) is 0 Å². The largest absolute Gasteiger partial charge is 0.0447 e. The molecule has 0 aliphatic heterocycles. The molecule has 0 unspecified atom stereocenters. The predicted octanol–water partition coefficient (Wildman–Crippen LogP) is 9.27. The Morgan fingerprint density at radius 1 is 0.273 bits per heavy atom. The Bertz CT molecular complexity index is 1570. The fraction of sp³-hybridized carbons (Fsp3) is 0.394. The van der Waals surface area contributed by atoms with Gasteiger partial charge in [-0.3, -0.25) is 0 Å². The molecule has 0 atom stereocenters. The van der Waals surface area contributed by atoms with E-state index in [2.05, 4.69) is 83.1 Å². The molecule has 170 valence electrons. The molecule has 0 amide bonds. The highest BCUT2D eigenvalue weighted by Crippen LogP contribution is 2.51. The van der Waals surface area contributed by atoms with E-state index < -0.39 is 0 Å². The van der Waals surface area contributed by atoms with E-state index in [0.717, 1.165) is 6.42 Å². The van der Waals surface area contributed by atoms with E-state index in [1.54, 1.807) is 11.1 Å². The van der Waals surface area contributed by atoms with Crippen LogP contribution in [0, 0.1) is 83.1 Å². The van der Waals surface area contributed by atoms with Gasteiger partial charge in [-0.2, -0.15) is 0 Å². The lowest BCUT2D eigenvalue weighted by atomic mass is 9.79. The molecule has 0 radical (unpaired) electrons. The van der Waals surface area contributed by atoms with Gasteiger partial charge in [-0.25, -0.2) is 0 Å². The second kappa shape index (κ2) is 6.95. The van der Waals surface area contributed by atoms with Crippen LogP contribution in [0.2, 0.25) is 0 Å². The molecule has 4 aromatic rings. The van der Waals surface area contributed by atoms with Crippen LogP contribution in [0.25, 0.3) is 32.7 Å². The van der Waals surface area contributed by atoms with Crippen molar-refractivity contribution in [2.75, 3.05) is 0 Å². The molecule has 1 aliphatic rings. The molecule has 0 spiro atoms. The Labute approximate surface area is 200 Å². The standard InChI is InChI=1S/C33H38/c1-14-15(2)20(7)30-26(18(14)5)13-27-31(30)25(12)24(11)29-23(10)22(9)28-19(6)16(3)17(4)21(8)32(28)33(27)29/h13H2,1-12H3. The lowest BCUT2D eigenvalue weighted by Crippen LogP contribution is -2.03. The summed E-state index contributed by atoms with van der Waals surface area (Å²) in [4.78, 5) is 0. The number of rotatable bonds is 0. The van der Waals surface area contributed by atoms with Crippen molar-refractivity contribution in [1.82, 2.24) is 0 Å². The minimum absolute atomic E-state index is 1.05. The molecule has 4 aromatic carbocycles. The van der Waals surface area contributed by atoms with Gasteiger partial charge in [0, 0.05) is 0 Å². The SMILES string of the molecule is Cc1c(C)c(C)c2c(c1C)Cc1c-2c(C)c(C)c2c(C)c(C)c3c(C)c(C)c(C)c(C)c3c12. The van der Waals surface area contributed by atoms with E-state index in [9.17, 15) is 0 Å². The maximum atomic E-state index is 2.37. The number of aryl methyl sites for hydroxylation is 5. The molecule has 0 aromatic heterocycles. The lowest BCUT2D eigenvalue weighted by Gasteiger charge is -2.24. The molecule has 0 N–H and O–H groups in total. The highest BCUT2D eigenvalue weighted by molar-refractivity contribution is 6.18. The van der Waals surface area contributed by atoms with Crippen molar-refractivity contribution in [3.8, 4) is 11.1 Å². The zero-order valence-corrected chi connectivity index (χ0v) is 22.7. The van der Waals surface area contributed by atoms with Gasteiger partial charge < -0.3 is 0 Å². The summed E-state index contributed by atoms with van der Waals surface area (Å²) in [6.45, 7) is 28.0. The third kappa shape index (κ3) is 2.53. The van der Waals surface area contributed by atoms with E-state index in [4.69, 9.17) is 0 Å². The normalized spacial score (nSPS) is 12.7. The molecule has 0 nitrogen and oxygen atoms in total. The van der Waals surface area contributed by atoms with Crippen LogP contribution in [0.5, 0.6) is 0 Å². The Balaban J connectivity index is 2.14. The van der Waals surface area contributed by atoms with Gasteiger partial charge >= 0.3 is 0 Å². The van der Waals surface area contributed by atoms with Crippen LogP contribution in [0.3, 0.4) is 0 Å². The quantitative estimate of drug-likeness (QED) is 0.213. The zero-order valence-electron chi connectivity index (χ0n) is 22.7. The second-order valence-electron chi connectivity index (χ2n) is 10.9. The van der Waals surface area contributed by atoms with Crippen LogP contribution in [-0.2, 0) is 6.42 Å². The summed E-state index contributed by atoms with van der Waals surface area (Å²) in [7, 11) is 0. The third-order valence-corrected chi connectivity index (χ3v) is 9.84. The summed E-state index contributed by atoms with van der Waals surface area (Å²) in [6.07, 6.45) is 1.05. The van der Waals surface area contributed by atoms with Crippen LogP contribution in [0.4, 0.5) is 0 Å². The minimum Gasteiger partial charge on any atom is -0.0447 e. The average molecular weight is 435 g/mol. The first kappa shape index (κ1) is 22.2.